The number of hydrogen-bond donors (Lipinski definition) is 2. The van der Waals surface area contributed by atoms with E-state index in [0.29, 0.717) is 11.5 Å². The molecule has 100 valence electrons. The van der Waals surface area contributed by atoms with Crippen molar-refractivity contribution >= 4 is 0 Å². The molecule has 0 aliphatic heterocycles. The van der Waals surface area contributed by atoms with Crippen LogP contribution in [0, 0.1) is 5.41 Å². The Hall–Kier alpha value is -0.860. The zero-order chi connectivity index (χ0) is 12.8. The van der Waals surface area contributed by atoms with E-state index < -0.39 is 0 Å². The van der Waals surface area contributed by atoms with Crippen LogP contribution in [0.15, 0.2) is 30.3 Å². The second-order valence-corrected chi connectivity index (χ2v) is 5.67. The van der Waals surface area contributed by atoms with Crippen LogP contribution < -0.4 is 11.3 Å². The Morgan fingerprint density at radius 2 is 1.89 bits per heavy atom. The van der Waals surface area contributed by atoms with Gasteiger partial charge < -0.3 is 0 Å². The van der Waals surface area contributed by atoms with Crippen molar-refractivity contribution in [2.24, 2.45) is 11.3 Å². The molecule has 1 aliphatic carbocycles. The number of hydrogen-bond acceptors (Lipinski definition) is 2. The second kappa shape index (κ2) is 6.35. The van der Waals surface area contributed by atoms with Gasteiger partial charge in [0.05, 0.1) is 0 Å². The number of hydrazine groups is 1. The molecule has 0 bridgehead atoms. The number of nitrogens with one attached hydrogen (secondary N) is 1. The van der Waals surface area contributed by atoms with E-state index in [1.165, 1.54) is 37.7 Å². The lowest BCUT2D eigenvalue weighted by Crippen LogP contribution is -2.47. The van der Waals surface area contributed by atoms with Crippen molar-refractivity contribution in [2.75, 3.05) is 0 Å². The van der Waals surface area contributed by atoms with Crippen LogP contribution in [-0.4, -0.2) is 6.04 Å². The third-order valence-electron chi connectivity index (χ3n) is 4.81. The first-order valence-electron chi connectivity index (χ1n) is 7.31. The molecule has 0 radical (unpaired) electrons. The molecule has 1 fully saturated rings. The Morgan fingerprint density at radius 1 is 1.22 bits per heavy atom. The van der Waals surface area contributed by atoms with Gasteiger partial charge in [0, 0.05) is 6.04 Å². The average Bonchev–Trinajstić information content (AvgIpc) is 2.91. The van der Waals surface area contributed by atoms with Crippen molar-refractivity contribution in [3.63, 3.8) is 0 Å². The molecule has 2 nitrogen and oxygen atoms in total. The summed E-state index contributed by atoms with van der Waals surface area (Å²) in [6, 6.07) is 11.2. The Morgan fingerprint density at radius 3 is 2.44 bits per heavy atom. The molecule has 1 atom stereocenters. The average molecular weight is 246 g/mol. The minimum absolute atomic E-state index is 0.448. The fourth-order valence-electron chi connectivity index (χ4n) is 3.55. The molecular formula is C16H26N2. The lowest BCUT2D eigenvalue weighted by Gasteiger charge is -2.36. The minimum Gasteiger partial charge on any atom is -0.271 e. The maximum atomic E-state index is 5.83. The molecule has 1 aromatic carbocycles. The van der Waals surface area contributed by atoms with E-state index in [9.17, 15) is 0 Å². The molecule has 0 amide bonds. The van der Waals surface area contributed by atoms with Crippen LogP contribution in [0.25, 0.3) is 0 Å². The summed E-state index contributed by atoms with van der Waals surface area (Å²) in [6.07, 6.45) is 8.94. The van der Waals surface area contributed by atoms with Crippen LogP contribution >= 0.6 is 0 Å². The van der Waals surface area contributed by atoms with Gasteiger partial charge in [0.25, 0.3) is 0 Å². The summed E-state index contributed by atoms with van der Waals surface area (Å²) in [4.78, 5) is 0. The normalized spacial score (nSPS) is 19.9. The monoisotopic (exact) mass is 246 g/mol. The van der Waals surface area contributed by atoms with Crippen molar-refractivity contribution in [1.82, 2.24) is 5.43 Å². The fraction of sp³-hybridized carbons (Fsp3) is 0.625. The zero-order valence-corrected chi connectivity index (χ0v) is 11.5. The first-order valence-corrected chi connectivity index (χ1v) is 7.31. The molecule has 0 saturated heterocycles. The maximum absolute atomic E-state index is 5.83. The Labute approximate surface area is 111 Å². The third-order valence-corrected chi connectivity index (χ3v) is 4.81. The number of rotatable bonds is 6. The van der Waals surface area contributed by atoms with Gasteiger partial charge in [-0.15, -0.1) is 0 Å². The van der Waals surface area contributed by atoms with E-state index in [0.717, 1.165) is 12.8 Å². The molecule has 0 heterocycles. The molecule has 2 rings (SSSR count). The van der Waals surface area contributed by atoms with Gasteiger partial charge in [-0.3, -0.25) is 11.3 Å². The van der Waals surface area contributed by atoms with E-state index in [1.54, 1.807) is 0 Å². The third kappa shape index (κ3) is 2.93. The van der Waals surface area contributed by atoms with E-state index in [2.05, 4.69) is 42.7 Å². The molecule has 0 spiro atoms. The smallest absolute Gasteiger partial charge is 0.0269 e. The highest BCUT2D eigenvalue weighted by molar-refractivity contribution is 5.15. The molecule has 1 aromatic rings. The fourth-order valence-corrected chi connectivity index (χ4v) is 3.55. The Balaban J connectivity index is 1.96. The van der Waals surface area contributed by atoms with Crippen LogP contribution in [0.4, 0.5) is 0 Å². The van der Waals surface area contributed by atoms with Gasteiger partial charge in [0.1, 0.15) is 0 Å². The minimum atomic E-state index is 0.448. The Bertz CT molecular complexity index is 341. The van der Waals surface area contributed by atoms with Gasteiger partial charge in [-0.25, -0.2) is 0 Å². The first kappa shape index (κ1) is 13.6. The quantitative estimate of drug-likeness (QED) is 0.596. The summed E-state index contributed by atoms with van der Waals surface area (Å²) in [5, 5.41) is 0. The summed E-state index contributed by atoms with van der Waals surface area (Å²) in [5.41, 5.74) is 4.97. The second-order valence-electron chi connectivity index (χ2n) is 5.67. The van der Waals surface area contributed by atoms with Gasteiger partial charge in [0.2, 0.25) is 0 Å². The summed E-state index contributed by atoms with van der Waals surface area (Å²) >= 11 is 0. The predicted molar refractivity (Wildman–Crippen MR) is 77.1 cm³/mol. The van der Waals surface area contributed by atoms with Crippen molar-refractivity contribution in [3.8, 4) is 0 Å². The summed E-state index contributed by atoms with van der Waals surface area (Å²) in [6.45, 7) is 2.32. The highest BCUT2D eigenvalue weighted by atomic mass is 15.2. The molecule has 1 saturated carbocycles. The summed E-state index contributed by atoms with van der Waals surface area (Å²) in [5.74, 6) is 5.83. The molecular weight excluding hydrogens is 220 g/mol. The molecule has 1 unspecified atom stereocenters. The van der Waals surface area contributed by atoms with Gasteiger partial charge in [-0.1, -0.05) is 50.1 Å². The highest BCUT2D eigenvalue weighted by Gasteiger charge is 2.38. The maximum Gasteiger partial charge on any atom is 0.0269 e. The van der Waals surface area contributed by atoms with Crippen LogP contribution in [0.5, 0.6) is 0 Å². The van der Waals surface area contributed by atoms with Crippen molar-refractivity contribution in [2.45, 2.75) is 57.9 Å². The van der Waals surface area contributed by atoms with Gasteiger partial charge in [-0.05, 0) is 43.1 Å². The van der Waals surface area contributed by atoms with Crippen LogP contribution in [0.3, 0.4) is 0 Å². The van der Waals surface area contributed by atoms with Gasteiger partial charge in [-0.2, -0.15) is 0 Å². The molecule has 3 N–H and O–H groups in total. The van der Waals surface area contributed by atoms with Crippen molar-refractivity contribution in [1.29, 1.82) is 0 Å². The van der Waals surface area contributed by atoms with E-state index >= 15 is 0 Å². The van der Waals surface area contributed by atoms with E-state index in [4.69, 9.17) is 5.84 Å². The predicted octanol–water partition coefficient (Wildman–Crippen LogP) is 3.42. The molecule has 0 aromatic heterocycles. The van der Waals surface area contributed by atoms with Gasteiger partial charge >= 0.3 is 0 Å². The molecule has 2 heteroatoms. The standard InChI is InChI=1S/C16H26N2/c1-2-16(12-6-7-13-16)15(18-17)11-10-14-8-4-3-5-9-14/h3-5,8-9,15,18H,2,6-7,10-13,17H2,1H3. The summed E-state index contributed by atoms with van der Waals surface area (Å²) in [7, 11) is 0. The molecule has 18 heavy (non-hydrogen) atoms. The van der Waals surface area contributed by atoms with E-state index in [-0.39, 0.29) is 0 Å². The lowest BCUT2D eigenvalue weighted by molar-refractivity contribution is 0.177. The SMILES string of the molecule is CCC1(C(CCc2ccccc2)NN)CCCC1. The van der Waals surface area contributed by atoms with Crippen molar-refractivity contribution in [3.05, 3.63) is 35.9 Å². The number of nitrogens with two attached hydrogens (primary N) is 1. The number of aryl methyl sites for hydroxylation is 1. The topological polar surface area (TPSA) is 38.0 Å². The highest BCUT2D eigenvalue weighted by Crippen LogP contribution is 2.44. The lowest BCUT2D eigenvalue weighted by atomic mass is 9.74. The first-order chi connectivity index (χ1) is 8.80. The van der Waals surface area contributed by atoms with Crippen LogP contribution in [0.2, 0.25) is 0 Å². The number of benzene rings is 1. The van der Waals surface area contributed by atoms with Crippen molar-refractivity contribution < 1.29 is 0 Å². The van der Waals surface area contributed by atoms with Gasteiger partial charge in [0.15, 0.2) is 0 Å². The molecule has 1 aliphatic rings. The largest absolute Gasteiger partial charge is 0.271 e. The zero-order valence-electron chi connectivity index (χ0n) is 11.5. The van der Waals surface area contributed by atoms with Crippen LogP contribution in [0.1, 0.15) is 51.0 Å². The van der Waals surface area contributed by atoms with E-state index in [1.807, 2.05) is 0 Å². The van der Waals surface area contributed by atoms with Crippen LogP contribution in [-0.2, 0) is 6.42 Å². The Kier molecular flexibility index (Phi) is 4.79. The summed E-state index contributed by atoms with van der Waals surface area (Å²) < 4.78 is 0.